The third-order valence-corrected chi connectivity index (χ3v) is 1.84. The molecule has 0 aliphatic rings. The molecule has 2 amide bonds. The molecule has 0 saturated carbocycles. The number of aromatic nitrogens is 1. The fourth-order valence-corrected chi connectivity index (χ4v) is 1.07. The van der Waals surface area contributed by atoms with Crippen LogP contribution in [0.25, 0.3) is 5.08 Å². The third kappa shape index (κ3) is 2.48. The standard InChI is InChI=1S/C8H9N5O3/c1-16-7-3-11-5(2-6(7)14)4-13(12-10)8(9)15/h2-3H,4H2,1H3,(H2-,9,11,14,15)/p+1. The first-order chi connectivity index (χ1) is 7.58. The number of rotatable bonds is 3. The summed E-state index contributed by atoms with van der Waals surface area (Å²) in [4.78, 5) is 24.8. The number of pyridine rings is 1. The number of amides is 2. The second kappa shape index (κ2) is 4.79. The number of hydrogen-bond donors (Lipinski definition) is 2. The Labute approximate surface area is 90.2 Å². The molecule has 0 bridgehead atoms. The van der Waals surface area contributed by atoms with Gasteiger partial charge in [-0.25, -0.2) is 4.79 Å². The summed E-state index contributed by atoms with van der Waals surface area (Å²) < 4.78 is 4.76. The van der Waals surface area contributed by atoms with Crippen molar-refractivity contribution in [3.63, 3.8) is 0 Å². The molecule has 0 aliphatic heterocycles. The number of urea groups is 1. The van der Waals surface area contributed by atoms with Crippen LogP contribution in [0.5, 0.6) is 5.75 Å². The first-order valence-corrected chi connectivity index (χ1v) is 4.26. The third-order valence-electron chi connectivity index (χ3n) is 1.84. The largest absolute Gasteiger partial charge is 0.491 e. The molecule has 8 heteroatoms. The van der Waals surface area contributed by atoms with Crippen LogP contribution in [0.15, 0.2) is 17.1 Å². The summed E-state index contributed by atoms with van der Waals surface area (Å²) in [5.74, 6) is 0.148. The van der Waals surface area contributed by atoms with Crippen molar-refractivity contribution < 1.29 is 9.53 Å². The Morgan fingerprint density at radius 1 is 1.75 bits per heavy atom. The van der Waals surface area contributed by atoms with Crippen molar-refractivity contribution in [3.8, 4) is 5.75 Å². The number of carbonyl (C=O) groups is 1. The number of aromatic amines is 1. The molecule has 84 valence electrons. The average Bonchev–Trinajstić information content (AvgIpc) is 2.25. The monoisotopic (exact) mass is 224 g/mol. The van der Waals surface area contributed by atoms with Crippen LogP contribution in [0.1, 0.15) is 5.69 Å². The predicted octanol–water partition coefficient (Wildman–Crippen LogP) is 0.0323. The normalized spacial score (nSPS) is 9.25. The Morgan fingerprint density at radius 3 is 2.88 bits per heavy atom. The van der Waals surface area contributed by atoms with E-state index in [1.54, 1.807) is 0 Å². The average molecular weight is 224 g/mol. The van der Waals surface area contributed by atoms with Crippen molar-refractivity contribution in [2.75, 3.05) is 7.11 Å². The van der Waals surface area contributed by atoms with Crippen LogP contribution in [0.4, 0.5) is 4.79 Å². The van der Waals surface area contributed by atoms with Crippen molar-refractivity contribution in [2.24, 2.45) is 5.73 Å². The Bertz CT molecular complexity index is 489. The molecule has 0 spiro atoms. The number of hydrogen-bond acceptors (Lipinski definition) is 4. The number of carbonyl (C=O) groups excluding carboxylic acids is 1. The maximum absolute atomic E-state index is 11.3. The van der Waals surface area contributed by atoms with Crippen LogP contribution in [-0.4, -0.2) is 23.1 Å². The SMILES string of the molecule is COc1c[nH]c(CN([N+]#N)C(N)=O)cc1=O. The summed E-state index contributed by atoms with van der Waals surface area (Å²) in [6, 6.07) is 0.291. The van der Waals surface area contributed by atoms with Crippen LogP contribution in [-0.2, 0) is 6.54 Å². The first kappa shape index (κ1) is 11.5. The molecule has 8 nitrogen and oxygen atoms in total. The van der Waals surface area contributed by atoms with E-state index in [2.05, 4.69) is 10.1 Å². The summed E-state index contributed by atoms with van der Waals surface area (Å²) in [6.07, 6.45) is 1.34. The molecule has 0 atom stereocenters. The quantitative estimate of drug-likeness (QED) is 0.556. The number of methoxy groups -OCH3 is 1. The van der Waals surface area contributed by atoms with Gasteiger partial charge in [-0.3, -0.25) is 4.79 Å². The smallest absolute Gasteiger partial charge is 0.388 e. The van der Waals surface area contributed by atoms with Gasteiger partial charge in [0.25, 0.3) is 5.39 Å². The molecule has 1 aromatic heterocycles. The van der Waals surface area contributed by atoms with Crippen molar-refractivity contribution in [3.05, 3.63) is 33.3 Å². The number of nitrogens with zero attached hydrogens (tertiary/aromatic N) is 3. The minimum Gasteiger partial charge on any atom is -0.491 e. The number of nitrogens with two attached hydrogens (primary N) is 1. The Morgan fingerprint density at radius 2 is 2.44 bits per heavy atom. The van der Waals surface area contributed by atoms with E-state index < -0.39 is 6.03 Å². The second-order valence-corrected chi connectivity index (χ2v) is 2.88. The molecular formula is C8H10N5O3+. The fourth-order valence-electron chi connectivity index (χ4n) is 1.07. The highest BCUT2D eigenvalue weighted by molar-refractivity contribution is 5.72. The zero-order valence-electron chi connectivity index (χ0n) is 8.51. The first-order valence-electron chi connectivity index (χ1n) is 4.26. The highest BCUT2D eigenvalue weighted by atomic mass is 16.5. The second-order valence-electron chi connectivity index (χ2n) is 2.88. The summed E-state index contributed by atoms with van der Waals surface area (Å²) in [6.45, 7) is -0.134. The number of nitrogens with one attached hydrogen (secondary N) is 1. The van der Waals surface area contributed by atoms with Gasteiger partial charge in [0, 0.05) is 18.0 Å². The maximum atomic E-state index is 11.3. The molecule has 0 unspecified atom stereocenters. The van der Waals surface area contributed by atoms with E-state index in [9.17, 15) is 9.59 Å². The van der Waals surface area contributed by atoms with Crippen molar-refractivity contribution in [1.29, 1.82) is 5.39 Å². The van der Waals surface area contributed by atoms with Crippen molar-refractivity contribution >= 4 is 6.03 Å². The minimum absolute atomic E-state index is 0.134. The lowest BCUT2D eigenvalue weighted by Gasteiger charge is -2.02. The lowest BCUT2D eigenvalue weighted by molar-refractivity contribution is 0.221. The molecule has 3 N–H and O–H groups in total. The van der Waals surface area contributed by atoms with E-state index in [0.717, 1.165) is 0 Å². The van der Waals surface area contributed by atoms with E-state index >= 15 is 0 Å². The Balaban J connectivity index is 2.91. The molecular weight excluding hydrogens is 214 g/mol. The molecule has 0 radical (unpaired) electrons. The van der Waals surface area contributed by atoms with Crippen LogP contribution in [0.3, 0.4) is 0 Å². The van der Waals surface area contributed by atoms with E-state index in [1.807, 2.05) is 0 Å². The maximum Gasteiger partial charge on any atom is 0.388 e. The van der Waals surface area contributed by atoms with E-state index in [4.69, 9.17) is 15.9 Å². The lowest BCUT2D eigenvalue weighted by atomic mass is 10.3. The van der Waals surface area contributed by atoms with Gasteiger partial charge < -0.3 is 15.5 Å². The summed E-state index contributed by atoms with van der Waals surface area (Å²) >= 11 is 0. The fraction of sp³-hybridized carbons (Fsp3) is 0.250. The zero-order chi connectivity index (χ0) is 12.1. The number of H-pyrrole nitrogens is 1. The van der Waals surface area contributed by atoms with Crippen LogP contribution in [0, 0.1) is 5.39 Å². The molecule has 16 heavy (non-hydrogen) atoms. The van der Waals surface area contributed by atoms with Crippen LogP contribution in [0.2, 0.25) is 0 Å². The Kier molecular flexibility index (Phi) is 3.45. The van der Waals surface area contributed by atoms with Crippen molar-refractivity contribution in [1.82, 2.24) is 9.99 Å². The van der Waals surface area contributed by atoms with Crippen molar-refractivity contribution in [2.45, 2.75) is 6.54 Å². The predicted molar refractivity (Wildman–Crippen MR) is 53.8 cm³/mol. The van der Waals surface area contributed by atoms with Gasteiger partial charge in [0.2, 0.25) is 5.43 Å². The lowest BCUT2D eigenvalue weighted by Crippen LogP contribution is -2.29. The molecule has 1 aromatic rings. The van der Waals surface area contributed by atoms with Crippen LogP contribution >= 0.6 is 0 Å². The molecule has 1 heterocycles. The van der Waals surface area contributed by atoms with E-state index in [1.165, 1.54) is 19.4 Å². The van der Waals surface area contributed by atoms with E-state index in [0.29, 0.717) is 10.7 Å². The minimum atomic E-state index is -0.931. The van der Waals surface area contributed by atoms with Gasteiger partial charge in [0.05, 0.1) is 12.1 Å². The number of ether oxygens (including phenoxy) is 1. The van der Waals surface area contributed by atoms with Gasteiger partial charge in [-0.05, 0) is 0 Å². The topological polar surface area (TPSA) is 117 Å². The van der Waals surface area contributed by atoms with Gasteiger partial charge >= 0.3 is 11.1 Å². The zero-order valence-corrected chi connectivity index (χ0v) is 8.51. The van der Waals surface area contributed by atoms with Gasteiger partial charge in [-0.2, -0.15) is 0 Å². The molecule has 0 saturated heterocycles. The highest BCUT2D eigenvalue weighted by Crippen LogP contribution is 2.04. The summed E-state index contributed by atoms with van der Waals surface area (Å²) in [7, 11) is 1.36. The molecule has 0 fully saturated rings. The van der Waals surface area contributed by atoms with Gasteiger partial charge in [0.15, 0.2) is 5.75 Å². The van der Waals surface area contributed by atoms with Gasteiger partial charge in [-0.15, -0.1) is 0 Å². The summed E-state index contributed by atoms with van der Waals surface area (Å²) in [5, 5.41) is 11.7. The summed E-state index contributed by atoms with van der Waals surface area (Å²) in [5.41, 5.74) is 4.92. The molecule has 1 rings (SSSR count). The Hall–Kier alpha value is -2.56. The van der Waals surface area contributed by atoms with Gasteiger partial charge in [0.1, 0.15) is 6.54 Å². The van der Waals surface area contributed by atoms with Gasteiger partial charge in [-0.1, -0.05) is 0 Å². The number of diazo groups is 1. The van der Waals surface area contributed by atoms with E-state index in [-0.39, 0.29) is 17.7 Å². The molecule has 0 aliphatic carbocycles. The highest BCUT2D eigenvalue weighted by Gasteiger charge is 2.21. The molecule has 0 aromatic carbocycles. The number of primary amides is 1. The van der Waals surface area contributed by atoms with Crippen LogP contribution < -0.4 is 15.9 Å².